The Balaban J connectivity index is 1.87. The minimum absolute atomic E-state index is 0.0236. The third-order valence-corrected chi connectivity index (χ3v) is 8.27. The standard InChI is InChI=1S/C24H21O3PSe/c1-3-16(2)25-28(29)26-21-14-12-17-8-4-6-10-19(17)23(21)24-20-11-7-5-9-18(20)13-15-22(24)27-28/h4-16H,3H2,1-2H3. The molecule has 1 unspecified atom stereocenters. The quantitative estimate of drug-likeness (QED) is 0.238. The molecule has 1 atom stereocenters. The Morgan fingerprint density at radius 3 is 1.76 bits per heavy atom. The van der Waals surface area contributed by atoms with E-state index in [9.17, 15) is 0 Å². The van der Waals surface area contributed by atoms with Crippen LogP contribution in [0.4, 0.5) is 0 Å². The molecule has 1 heterocycles. The van der Waals surface area contributed by atoms with Crippen LogP contribution in [-0.4, -0.2) is 21.2 Å². The third-order valence-electron chi connectivity index (χ3n) is 5.34. The SMILES string of the molecule is CCC(C)OP1(=[Se])Oc2ccc3ccccc3c2-c2c(ccc3ccccc23)O1. The van der Waals surface area contributed by atoms with Crippen molar-refractivity contribution in [2.45, 2.75) is 26.4 Å². The van der Waals surface area contributed by atoms with E-state index in [2.05, 4.69) is 82.7 Å². The van der Waals surface area contributed by atoms with Crippen LogP contribution in [0.15, 0.2) is 72.8 Å². The van der Waals surface area contributed by atoms with Crippen LogP contribution < -0.4 is 9.05 Å². The fourth-order valence-corrected chi connectivity index (χ4v) is 7.20. The summed E-state index contributed by atoms with van der Waals surface area (Å²) < 4.78 is 19.2. The number of hydrogen-bond acceptors (Lipinski definition) is 3. The molecule has 5 heteroatoms. The van der Waals surface area contributed by atoms with E-state index in [1.165, 1.54) is 10.8 Å². The van der Waals surface area contributed by atoms with Crippen molar-refractivity contribution in [2.75, 3.05) is 0 Å². The second-order valence-corrected chi connectivity index (χ2v) is 11.6. The van der Waals surface area contributed by atoms with E-state index in [1.54, 1.807) is 0 Å². The van der Waals surface area contributed by atoms with Gasteiger partial charge < -0.3 is 0 Å². The van der Waals surface area contributed by atoms with Gasteiger partial charge in [-0.05, 0) is 0 Å². The minimum atomic E-state index is -2.73. The zero-order valence-corrected chi connectivity index (χ0v) is 18.9. The molecule has 0 amide bonds. The summed E-state index contributed by atoms with van der Waals surface area (Å²) in [5.74, 6) is 1.57. The molecule has 146 valence electrons. The predicted octanol–water partition coefficient (Wildman–Crippen LogP) is 7.09. The van der Waals surface area contributed by atoms with Gasteiger partial charge in [0.05, 0.1) is 0 Å². The van der Waals surface area contributed by atoms with Gasteiger partial charge in [0.2, 0.25) is 0 Å². The Kier molecular flexibility index (Phi) is 4.76. The van der Waals surface area contributed by atoms with E-state index < -0.39 is 6.19 Å². The van der Waals surface area contributed by atoms with Gasteiger partial charge in [-0.15, -0.1) is 0 Å². The van der Waals surface area contributed by atoms with Gasteiger partial charge in [0, 0.05) is 0 Å². The molecule has 0 saturated carbocycles. The van der Waals surface area contributed by atoms with Crippen molar-refractivity contribution in [3.05, 3.63) is 72.8 Å². The molecule has 0 aromatic heterocycles. The monoisotopic (exact) mass is 468 g/mol. The normalized spacial score (nSPS) is 15.7. The van der Waals surface area contributed by atoms with Gasteiger partial charge in [-0.25, -0.2) is 0 Å². The first kappa shape index (κ1) is 18.9. The Labute approximate surface area is 178 Å². The molecule has 4 aromatic rings. The molecular formula is C24H21O3PSe. The van der Waals surface area contributed by atoms with Crippen LogP contribution in [0, 0.1) is 0 Å². The number of benzene rings is 4. The van der Waals surface area contributed by atoms with E-state index in [4.69, 9.17) is 13.6 Å². The van der Waals surface area contributed by atoms with Crippen LogP contribution in [0.1, 0.15) is 20.3 Å². The van der Waals surface area contributed by atoms with E-state index in [-0.39, 0.29) is 6.10 Å². The maximum absolute atomic E-state index is 6.47. The molecule has 0 bridgehead atoms. The van der Waals surface area contributed by atoms with E-state index >= 15 is 0 Å². The molecule has 1 aliphatic heterocycles. The van der Waals surface area contributed by atoms with Crippen molar-refractivity contribution in [1.29, 1.82) is 0 Å². The Bertz CT molecular complexity index is 1190. The number of fused-ring (bicyclic) bond motifs is 7. The summed E-state index contributed by atoms with van der Waals surface area (Å²) in [5.41, 5.74) is 2.11. The summed E-state index contributed by atoms with van der Waals surface area (Å²) in [7, 11) is 0. The van der Waals surface area contributed by atoms with Gasteiger partial charge in [0.1, 0.15) is 0 Å². The molecule has 0 N–H and O–H groups in total. The summed E-state index contributed by atoms with van der Waals surface area (Å²) in [5, 5.41) is 4.62. The molecule has 1 aliphatic rings. The molecule has 0 aliphatic carbocycles. The van der Waals surface area contributed by atoms with Crippen LogP contribution in [0.2, 0.25) is 0 Å². The summed E-state index contributed by atoms with van der Waals surface area (Å²) in [6.45, 7) is 4.14. The predicted molar refractivity (Wildman–Crippen MR) is 122 cm³/mol. The van der Waals surface area contributed by atoms with E-state index in [0.717, 1.165) is 39.8 Å². The van der Waals surface area contributed by atoms with Crippen molar-refractivity contribution in [3.8, 4) is 22.6 Å². The van der Waals surface area contributed by atoms with Crippen molar-refractivity contribution >= 4 is 42.8 Å². The summed E-state index contributed by atoms with van der Waals surface area (Å²) in [4.78, 5) is 0. The second-order valence-electron chi connectivity index (χ2n) is 7.27. The molecule has 0 radical (unpaired) electrons. The average molecular weight is 467 g/mol. The van der Waals surface area contributed by atoms with Crippen LogP contribution in [0.3, 0.4) is 0 Å². The number of hydrogen-bond donors (Lipinski definition) is 0. The summed E-state index contributed by atoms with van der Waals surface area (Å²) >= 11 is 3.12. The van der Waals surface area contributed by atoms with Crippen LogP contribution in [0.5, 0.6) is 11.5 Å². The van der Waals surface area contributed by atoms with Gasteiger partial charge in [-0.1, -0.05) is 0 Å². The zero-order valence-electron chi connectivity index (χ0n) is 16.3. The summed E-state index contributed by atoms with van der Waals surface area (Å²) in [6, 6.07) is 25.0. The number of rotatable bonds is 3. The van der Waals surface area contributed by atoms with Crippen LogP contribution >= 0.6 is 6.19 Å². The zero-order chi connectivity index (χ0) is 20.0. The Hall–Kier alpha value is -2.09. The molecule has 0 spiro atoms. The fourth-order valence-electron chi connectivity index (χ4n) is 3.77. The third kappa shape index (κ3) is 3.31. The molecule has 3 nitrogen and oxygen atoms in total. The van der Waals surface area contributed by atoms with Crippen molar-refractivity contribution in [2.24, 2.45) is 0 Å². The van der Waals surface area contributed by atoms with Gasteiger partial charge in [0.15, 0.2) is 0 Å². The Morgan fingerprint density at radius 1 is 0.793 bits per heavy atom. The molecule has 5 rings (SSSR count). The second kappa shape index (κ2) is 7.31. The topological polar surface area (TPSA) is 27.7 Å². The van der Waals surface area contributed by atoms with Crippen LogP contribution in [-0.2, 0) is 4.52 Å². The van der Waals surface area contributed by atoms with Gasteiger partial charge in [0.25, 0.3) is 0 Å². The fraction of sp³-hybridized carbons (Fsp3) is 0.167. The van der Waals surface area contributed by atoms with Gasteiger partial charge in [-0.3, -0.25) is 0 Å². The molecular weight excluding hydrogens is 446 g/mol. The average Bonchev–Trinajstić information content (AvgIpc) is 2.86. The first-order valence-electron chi connectivity index (χ1n) is 9.79. The molecule has 0 saturated heterocycles. The Morgan fingerprint density at radius 2 is 1.28 bits per heavy atom. The summed E-state index contributed by atoms with van der Waals surface area (Å²) in [6.07, 6.45) is -1.82. The van der Waals surface area contributed by atoms with Crippen molar-refractivity contribution in [1.82, 2.24) is 0 Å². The molecule has 29 heavy (non-hydrogen) atoms. The van der Waals surface area contributed by atoms with Crippen molar-refractivity contribution in [3.63, 3.8) is 0 Å². The molecule has 0 fully saturated rings. The molecule has 4 aromatic carbocycles. The van der Waals surface area contributed by atoms with Gasteiger partial charge >= 0.3 is 178 Å². The first-order chi connectivity index (χ1) is 14.1. The van der Waals surface area contributed by atoms with Gasteiger partial charge in [-0.2, -0.15) is 0 Å². The van der Waals surface area contributed by atoms with E-state index in [0.29, 0.717) is 0 Å². The van der Waals surface area contributed by atoms with E-state index in [1.807, 2.05) is 19.1 Å². The van der Waals surface area contributed by atoms with Crippen molar-refractivity contribution < 1.29 is 13.6 Å². The maximum atomic E-state index is 6.47. The van der Waals surface area contributed by atoms with Crippen LogP contribution in [0.25, 0.3) is 32.7 Å². The first-order valence-corrected chi connectivity index (χ1v) is 13.6.